The van der Waals surface area contributed by atoms with E-state index in [1.807, 2.05) is 0 Å². The van der Waals surface area contributed by atoms with E-state index in [1.54, 1.807) is 12.1 Å². The Hall–Kier alpha value is -2.08. The van der Waals surface area contributed by atoms with Gasteiger partial charge in [0.15, 0.2) is 11.6 Å². The minimum Gasteiger partial charge on any atom is -0.339 e. The second-order valence-corrected chi connectivity index (χ2v) is 6.30. The molecule has 1 aromatic carbocycles. The first-order valence-corrected chi connectivity index (χ1v) is 8.49. The van der Waals surface area contributed by atoms with E-state index in [1.165, 1.54) is 12.1 Å². The van der Waals surface area contributed by atoms with Gasteiger partial charge in [0.25, 0.3) is 0 Å². The zero-order chi connectivity index (χ0) is 16.9. The second-order valence-electron chi connectivity index (χ2n) is 6.30. The maximum atomic E-state index is 13.0. The van der Waals surface area contributed by atoms with E-state index in [-0.39, 0.29) is 17.5 Å². The van der Waals surface area contributed by atoms with Gasteiger partial charge in [0.2, 0.25) is 5.89 Å². The summed E-state index contributed by atoms with van der Waals surface area (Å²) in [6.07, 6.45) is 3.58. The average molecular weight is 331 g/mol. The van der Waals surface area contributed by atoms with Crippen LogP contribution < -0.4 is 0 Å². The summed E-state index contributed by atoms with van der Waals surface area (Å²) in [6.45, 7) is 4.26. The van der Waals surface area contributed by atoms with Crippen LogP contribution >= 0.6 is 0 Å². The molecule has 2 heterocycles. The molecule has 0 aliphatic carbocycles. The van der Waals surface area contributed by atoms with Crippen LogP contribution in [0.25, 0.3) is 0 Å². The Labute approximate surface area is 140 Å². The molecular weight excluding hydrogens is 309 g/mol. The van der Waals surface area contributed by atoms with Crippen LogP contribution in [0.1, 0.15) is 48.3 Å². The predicted octanol–water partition coefficient (Wildman–Crippen LogP) is 3.26. The number of hydrogen-bond donors (Lipinski definition) is 0. The van der Waals surface area contributed by atoms with Gasteiger partial charge in [0.1, 0.15) is 5.82 Å². The van der Waals surface area contributed by atoms with E-state index in [0.717, 1.165) is 32.2 Å². The van der Waals surface area contributed by atoms with Gasteiger partial charge in [-0.1, -0.05) is 12.1 Å². The summed E-state index contributed by atoms with van der Waals surface area (Å²) in [5.41, 5.74) is 0.577. The minimum atomic E-state index is -0.322. The van der Waals surface area contributed by atoms with Crippen molar-refractivity contribution in [1.29, 1.82) is 0 Å². The second kappa shape index (κ2) is 7.66. The highest BCUT2D eigenvalue weighted by molar-refractivity contribution is 5.98. The predicted molar refractivity (Wildman–Crippen MR) is 87.0 cm³/mol. The number of nitrogens with zero attached hydrogens (tertiary/aromatic N) is 3. The zero-order valence-electron chi connectivity index (χ0n) is 13.9. The summed E-state index contributed by atoms with van der Waals surface area (Å²) >= 11 is 0. The van der Waals surface area contributed by atoms with Crippen LogP contribution in [0.4, 0.5) is 4.39 Å². The highest BCUT2D eigenvalue weighted by Gasteiger charge is 2.27. The maximum absolute atomic E-state index is 13.0. The summed E-state index contributed by atoms with van der Waals surface area (Å²) in [7, 11) is 0. The van der Waals surface area contributed by atoms with Crippen molar-refractivity contribution in [2.75, 3.05) is 13.1 Å². The molecule has 0 N–H and O–H groups in total. The first-order valence-electron chi connectivity index (χ1n) is 8.49. The van der Waals surface area contributed by atoms with Gasteiger partial charge >= 0.3 is 0 Å². The number of halogens is 1. The molecule has 0 spiro atoms. The number of carbonyl (C=O) groups excluding carboxylic acids is 1. The Morgan fingerprint density at radius 2 is 2.17 bits per heavy atom. The van der Waals surface area contributed by atoms with Gasteiger partial charge < -0.3 is 4.52 Å². The molecule has 0 radical (unpaired) electrons. The minimum absolute atomic E-state index is 0.0637. The van der Waals surface area contributed by atoms with Crippen LogP contribution in [-0.4, -0.2) is 33.9 Å². The topological polar surface area (TPSA) is 59.2 Å². The van der Waals surface area contributed by atoms with Gasteiger partial charge in [0, 0.05) is 24.4 Å². The lowest BCUT2D eigenvalue weighted by Gasteiger charge is -2.31. The van der Waals surface area contributed by atoms with Crippen LogP contribution in [0.3, 0.4) is 0 Å². The molecule has 1 atom stereocenters. The Balaban J connectivity index is 1.61. The van der Waals surface area contributed by atoms with Crippen molar-refractivity contribution in [2.45, 2.75) is 39.2 Å². The summed E-state index contributed by atoms with van der Waals surface area (Å²) in [5.74, 6) is 1.04. The standard InChI is InChI=1S/C18H22FN3O2/c1-2-4-17-20-16(21-24-17)12-22-10-3-5-14(11-22)18(23)13-6-8-15(19)9-7-13/h6-9,14H,2-5,10-12H2,1H3. The largest absolute Gasteiger partial charge is 0.339 e. The molecule has 0 bridgehead atoms. The van der Waals surface area contributed by atoms with Crippen molar-refractivity contribution in [3.8, 4) is 0 Å². The van der Waals surface area contributed by atoms with Crippen LogP contribution in [-0.2, 0) is 13.0 Å². The fourth-order valence-electron chi connectivity index (χ4n) is 3.13. The lowest BCUT2D eigenvalue weighted by molar-refractivity contribution is 0.0807. The summed E-state index contributed by atoms with van der Waals surface area (Å²) in [4.78, 5) is 19.2. The molecule has 1 fully saturated rings. The van der Waals surface area contributed by atoms with Gasteiger partial charge in [0.05, 0.1) is 6.54 Å². The molecule has 0 amide bonds. The summed E-state index contributed by atoms with van der Waals surface area (Å²) in [5, 5.41) is 4.01. The fourth-order valence-corrected chi connectivity index (χ4v) is 3.13. The number of rotatable bonds is 6. The molecular formula is C18H22FN3O2. The summed E-state index contributed by atoms with van der Waals surface area (Å²) < 4.78 is 18.2. The Kier molecular flexibility index (Phi) is 5.35. The first-order chi connectivity index (χ1) is 11.7. The molecule has 24 heavy (non-hydrogen) atoms. The maximum Gasteiger partial charge on any atom is 0.226 e. The van der Waals surface area contributed by atoms with Crippen LogP contribution in [0, 0.1) is 11.7 Å². The SMILES string of the molecule is CCCc1nc(CN2CCCC(C(=O)c3ccc(F)cc3)C2)no1. The molecule has 0 saturated carbocycles. The molecule has 3 rings (SSSR count). The summed E-state index contributed by atoms with van der Waals surface area (Å²) in [6, 6.07) is 5.80. The van der Waals surface area contributed by atoms with Crippen LogP contribution in [0.15, 0.2) is 28.8 Å². The third-order valence-corrected chi connectivity index (χ3v) is 4.34. The number of piperidine rings is 1. The van der Waals surface area contributed by atoms with Crippen molar-refractivity contribution >= 4 is 5.78 Å². The van der Waals surface area contributed by atoms with Crippen molar-refractivity contribution in [3.63, 3.8) is 0 Å². The van der Waals surface area contributed by atoms with Gasteiger partial charge in [-0.25, -0.2) is 4.39 Å². The normalized spacial score (nSPS) is 18.7. The number of carbonyl (C=O) groups is 1. The van der Waals surface area contributed by atoms with Crippen LogP contribution in [0.5, 0.6) is 0 Å². The number of aromatic nitrogens is 2. The third-order valence-electron chi connectivity index (χ3n) is 4.34. The molecule has 6 heteroatoms. The van der Waals surface area contributed by atoms with E-state index in [0.29, 0.717) is 30.4 Å². The first kappa shape index (κ1) is 16.8. The van der Waals surface area contributed by atoms with Crippen LogP contribution in [0.2, 0.25) is 0 Å². The Morgan fingerprint density at radius 1 is 1.38 bits per heavy atom. The molecule has 2 aromatic rings. The monoisotopic (exact) mass is 331 g/mol. The Morgan fingerprint density at radius 3 is 2.92 bits per heavy atom. The van der Waals surface area contributed by atoms with Gasteiger partial charge in [-0.3, -0.25) is 9.69 Å². The van der Waals surface area contributed by atoms with Crippen molar-refractivity contribution < 1.29 is 13.7 Å². The van der Waals surface area contributed by atoms with E-state index in [9.17, 15) is 9.18 Å². The smallest absolute Gasteiger partial charge is 0.226 e. The number of benzene rings is 1. The quantitative estimate of drug-likeness (QED) is 0.761. The number of Topliss-reactive ketones (excluding diaryl/α,β-unsaturated/α-hetero) is 1. The van der Waals surface area contributed by atoms with Gasteiger partial charge in [-0.2, -0.15) is 4.98 Å². The van der Waals surface area contributed by atoms with E-state index >= 15 is 0 Å². The number of aryl methyl sites for hydroxylation is 1. The van der Waals surface area contributed by atoms with E-state index in [2.05, 4.69) is 22.0 Å². The number of hydrogen-bond acceptors (Lipinski definition) is 5. The number of ketones is 1. The van der Waals surface area contributed by atoms with Crippen molar-refractivity contribution in [3.05, 3.63) is 47.4 Å². The van der Waals surface area contributed by atoms with Gasteiger partial charge in [-0.05, 0) is 50.1 Å². The fraction of sp³-hybridized carbons (Fsp3) is 0.500. The van der Waals surface area contributed by atoms with E-state index in [4.69, 9.17) is 4.52 Å². The highest BCUT2D eigenvalue weighted by atomic mass is 19.1. The number of likely N-dealkylation sites (tertiary alicyclic amines) is 1. The molecule has 1 aliphatic heterocycles. The van der Waals surface area contributed by atoms with E-state index < -0.39 is 0 Å². The molecule has 1 saturated heterocycles. The molecule has 128 valence electrons. The molecule has 1 unspecified atom stereocenters. The zero-order valence-corrected chi connectivity index (χ0v) is 13.9. The van der Waals surface area contributed by atoms with Crippen molar-refractivity contribution in [1.82, 2.24) is 15.0 Å². The third kappa shape index (κ3) is 4.06. The molecule has 1 aliphatic rings. The van der Waals surface area contributed by atoms with Crippen molar-refractivity contribution in [2.24, 2.45) is 5.92 Å². The Bertz CT molecular complexity index is 684. The lowest BCUT2D eigenvalue weighted by atomic mass is 9.90. The molecule has 5 nitrogen and oxygen atoms in total. The van der Waals surface area contributed by atoms with Gasteiger partial charge in [-0.15, -0.1) is 0 Å². The highest BCUT2D eigenvalue weighted by Crippen LogP contribution is 2.22. The lowest BCUT2D eigenvalue weighted by Crippen LogP contribution is -2.38. The molecule has 1 aromatic heterocycles. The average Bonchev–Trinajstić information content (AvgIpc) is 3.02.